The number of rotatable bonds is 29. The predicted molar refractivity (Wildman–Crippen MR) is 269 cm³/mol. The van der Waals surface area contributed by atoms with Crippen molar-refractivity contribution >= 4 is 0 Å². The predicted octanol–water partition coefficient (Wildman–Crippen LogP) is 18.8. The van der Waals surface area contributed by atoms with E-state index in [2.05, 4.69) is 137 Å². The molecular weight excluding hydrogens is 729 g/mol. The molecule has 0 heterocycles. The van der Waals surface area contributed by atoms with Gasteiger partial charge in [-0.15, -0.1) is 0 Å². The zero-order valence-electron chi connectivity index (χ0n) is 41.2. The SMILES string of the molecule is CC(C)=CCC/C(C)=C/CC/C(C)=C/CC/C(C)=C/CC/C(C)=C/CC/C(C)=C/CC/C(C)=C/CC/C(C)=C/CC/C(C)=C/CC/C(C)=C/Cc1cc(O)c(C)c(C)c1O. The van der Waals surface area contributed by atoms with Crippen molar-refractivity contribution in [3.05, 3.63) is 139 Å². The molecule has 1 aromatic rings. The molecule has 0 aromatic heterocycles. The van der Waals surface area contributed by atoms with Crippen LogP contribution in [0.15, 0.2) is 123 Å². The van der Waals surface area contributed by atoms with Gasteiger partial charge in [0, 0.05) is 5.56 Å². The van der Waals surface area contributed by atoms with Gasteiger partial charge in [0.25, 0.3) is 0 Å². The third-order valence-electron chi connectivity index (χ3n) is 11.9. The average Bonchev–Trinajstić information content (AvgIpc) is 3.17. The second-order valence-electron chi connectivity index (χ2n) is 18.4. The first kappa shape index (κ1) is 54.2. The Labute approximate surface area is 371 Å². The van der Waals surface area contributed by atoms with E-state index in [1.54, 1.807) is 6.07 Å². The first-order valence-electron chi connectivity index (χ1n) is 23.5. The van der Waals surface area contributed by atoms with Crippen molar-refractivity contribution in [2.45, 2.75) is 212 Å². The van der Waals surface area contributed by atoms with Crippen LogP contribution in [0.3, 0.4) is 0 Å². The monoisotopic (exact) mass is 819 g/mol. The smallest absolute Gasteiger partial charge is 0.122 e. The molecule has 0 unspecified atom stereocenters. The van der Waals surface area contributed by atoms with Crippen molar-refractivity contribution in [3.63, 3.8) is 0 Å². The lowest BCUT2D eigenvalue weighted by atomic mass is 9.99. The molecule has 0 fully saturated rings. The Morgan fingerprint density at radius 1 is 0.350 bits per heavy atom. The Kier molecular flexibility index (Phi) is 28.9. The van der Waals surface area contributed by atoms with Crippen molar-refractivity contribution in [2.24, 2.45) is 0 Å². The van der Waals surface area contributed by atoms with Crippen LogP contribution in [0, 0.1) is 13.8 Å². The lowest BCUT2D eigenvalue weighted by Gasteiger charge is -2.10. The summed E-state index contributed by atoms with van der Waals surface area (Å²) in [6.45, 7) is 28.5. The number of aromatic hydroxyl groups is 2. The van der Waals surface area contributed by atoms with E-state index < -0.39 is 0 Å². The number of hydrogen-bond donors (Lipinski definition) is 2. The molecule has 1 rings (SSSR count). The number of benzene rings is 1. The molecule has 0 aliphatic carbocycles. The molecule has 2 heteroatoms. The number of allylic oxidation sites excluding steroid dienone is 20. The highest BCUT2D eigenvalue weighted by atomic mass is 16.3. The number of hydrogen-bond acceptors (Lipinski definition) is 2. The van der Waals surface area contributed by atoms with E-state index in [9.17, 15) is 10.2 Å². The van der Waals surface area contributed by atoms with Gasteiger partial charge >= 0.3 is 0 Å². The molecule has 0 saturated heterocycles. The van der Waals surface area contributed by atoms with Gasteiger partial charge in [0.1, 0.15) is 11.5 Å². The zero-order chi connectivity index (χ0) is 44.9. The average molecular weight is 819 g/mol. The summed E-state index contributed by atoms with van der Waals surface area (Å²) in [6, 6.07) is 1.69. The summed E-state index contributed by atoms with van der Waals surface area (Å²) < 4.78 is 0. The highest BCUT2D eigenvalue weighted by Crippen LogP contribution is 2.32. The van der Waals surface area contributed by atoms with E-state index in [0.717, 1.165) is 100 Å². The van der Waals surface area contributed by atoms with Crippen LogP contribution < -0.4 is 0 Å². The van der Waals surface area contributed by atoms with E-state index in [1.807, 2.05) is 13.8 Å². The van der Waals surface area contributed by atoms with Crippen LogP contribution in [-0.2, 0) is 6.42 Å². The van der Waals surface area contributed by atoms with E-state index in [0.29, 0.717) is 12.2 Å². The minimum Gasteiger partial charge on any atom is -0.508 e. The largest absolute Gasteiger partial charge is 0.508 e. The van der Waals surface area contributed by atoms with Crippen LogP contribution in [0.2, 0.25) is 0 Å². The minimum atomic E-state index is 0.255. The maximum absolute atomic E-state index is 10.4. The molecule has 60 heavy (non-hydrogen) atoms. The van der Waals surface area contributed by atoms with Crippen molar-refractivity contribution in [3.8, 4) is 11.5 Å². The molecule has 0 atom stereocenters. The summed E-state index contributed by atoms with van der Waals surface area (Å²) >= 11 is 0. The fourth-order valence-corrected chi connectivity index (χ4v) is 7.27. The molecule has 0 aliphatic heterocycles. The Morgan fingerprint density at radius 3 is 0.833 bits per heavy atom. The van der Waals surface area contributed by atoms with E-state index in [1.165, 1.54) is 87.8 Å². The van der Waals surface area contributed by atoms with Crippen molar-refractivity contribution in [1.29, 1.82) is 0 Å². The number of phenols is 2. The van der Waals surface area contributed by atoms with Crippen molar-refractivity contribution < 1.29 is 10.2 Å². The highest BCUT2D eigenvalue weighted by molar-refractivity contribution is 5.51. The first-order valence-corrected chi connectivity index (χ1v) is 23.5. The Balaban J connectivity index is 2.27. The molecule has 2 N–H and O–H groups in total. The highest BCUT2D eigenvalue weighted by Gasteiger charge is 2.10. The summed E-state index contributed by atoms with van der Waals surface area (Å²) in [5.74, 6) is 0.554. The topological polar surface area (TPSA) is 40.5 Å². The summed E-state index contributed by atoms with van der Waals surface area (Å²) in [4.78, 5) is 0. The van der Waals surface area contributed by atoms with Gasteiger partial charge in [0.05, 0.1) is 0 Å². The Hall–Kier alpha value is -3.78. The van der Waals surface area contributed by atoms with Crippen LogP contribution in [0.5, 0.6) is 11.5 Å². The quantitative estimate of drug-likeness (QED) is 0.0624. The molecule has 0 saturated carbocycles. The standard InChI is InChI=1S/C58H90O2/c1-44(2)23-14-24-45(3)25-15-26-46(4)27-16-28-47(5)29-17-30-48(6)31-18-32-49(7)33-19-34-50(8)35-20-36-51(9)37-21-38-52(10)39-22-40-53(11)41-42-56-43-57(59)54(12)55(13)58(56)60/h23,25,27,29,31,33,35,37,39,41,43,59-60H,14-22,24,26,28,30,32,34,36,38,40,42H2,1-13H3/b45-25+,46-27+,47-29+,48-31+,49-33+,50-35+,51-37+,52-39+,53-41+. The summed E-state index contributed by atoms with van der Waals surface area (Å²) in [6.07, 6.45) is 45.1. The molecule has 334 valence electrons. The van der Waals surface area contributed by atoms with Gasteiger partial charge in [-0.1, -0.05) is 116 Å². The van der Waals surface area contributed by atoms with Gasteiger partial charge in [-0.2, -0.15) is 0 Å². The first-order chi connectivity index (χ1) is 28.5. The molecule has 0 amide bonds. The molecule has 0 bridgehead atoms. The lowest BCUT2D eigenvalue weighted by molar-refractivity contribution is 0.448. The zero-order valence-corrected chi connectivity index (χ0v) is 41.2. The van der Waals surface area contributed by atoms with Gasteiger partial charge in [-0.3, -0.25) is 0 Å². The maximum Gasteiger partial charge on any atom is 0.122 e. The molecule has 0 radical (unpaired) electrons. The van der Waals surface area contributed by atoms with E-state index >= 15 is 0 Å². The van der Waals surface area contributed by atoms with E-state index in [-0.39, 0.29) is 5.75 Å². The Bertz CT molecular complexity index is 1750. The summed E-state index contributed by atoms with van der Waals surface area (Å²) in [5, 5.41) is 20.6. The van der Waals surface area contributed by atoms with Gasteiger partial charge in [0.2, 0.25) is 0 Å². The van der Waals surface area contributed by atoms with Crippen molar-refractivity contribution in [2.75, 3.05) is 0 Å². The molecule has 2 nitrogen and oxygen atoms in total. The fraction of sp³-hybridized carbons (Fsp3) is 0.552. The van der Waals surface area contributed by atoms with Gasteiger partial charge in [-0.05, 0) is 229 Å². The summed E-state index contributed by atoms with van der Waals surface area (Å²) in [5.41, 5.74) is 17.1. The Morgan fingerprint density at radius 2 is 0.583 bits per heavy atom. The molecule has 0 spiro atoms. The third kappa shape index (κ3) is 27.1. The lowest BCUT2D eigenvalue weighted by Crippen LogP contribution is -1.91. The minimum absolute atomic E-state index is 0.255. The fourth-order valence-electron chi connectivity index (χ4n) is 7.27. The van der Waals surface area contributed by atoms with Crippen LogP contribution in [0.25, 0.3) is 0 Å². The van der Waals surface area contributed by atoms with E-state index in [4.69, 9.17) is 0 Å². The number of phenolic OH excluding ortho intramolecular Hbond substituents is 2. The van der Waals surface area contributed by atoms with Gasteiger partial charge in [0.15, 0.2) is 0 Å². The van der Waals surface area contributed by atoms with Gasteiger partial charge in [-0.25, -0.2) is 0 Å². The maximum atomic E-state index is 10.4. The van der Waals surface area contributed by atoms with Crippen molar-refractivity contribution in [1.82, 2.24) is 0 Å². The normalized spacial score (nSPS) is 14.4. The summed E-state index contributed by atoms with van der Waals surface area (Å²) in [7, 11) is 0. The third-order valence-corrected chi connectivity index (χ3v) is 11.9. The molecular formula is C58H90O2. The second-order valence-corrected chi connectivity index (χ2v) is 18.4. The van der Waals surface area contributed by atoms with Crippen LogP contribution in [0.4, 0.5) is 0 Å². The van der Waals surface area contributed by atoms with Crippen LogP contribution in [0.1, 0.15) is 208 Å². The van der Waals surface area contributed by atoms with Crippen LogP contribution >= 0.6 is 0 Å². The second kappa shape index (κ2) is 32.0. The molecule has 1 aromatic carbocycles. The van der Waals surface area contributed by atoms with Crippen LogP contribution in [-0.4, -0.2) is 10.2 Å². The van der Waals surface area contributed by atoms with Gasteiger partial charge < -0.3 is 10.2 Å². The molecule has 0 aliphatic rings.